The first kappa shape index (κ1) is 12.2. The van der Waals surface area contributed by atoms with Crippen LogP contribution in [0.2, 0.25) is 0 Å². The molecule has 0 fully saturated rings. The Kier molecular flexibility index (Phi) is 5.85. The van der Waals surface area contributed by atoms with Crippen molar-refractivity contribution in [3.63, 3.8) is 0 Å². The van der Waals surface area contributed by atoms with Gasteiger partial charge in [-0.05, 0) is 24.4 Å². The Morgan fingerprint density at radius 3 is 2.86 bits per heavy atom. The maximum Gasteiger partial charge on any atom is 0.320 e. The second-order valence-corrected chi connectivity index (χ2v) is 2.56. The van der Waals surface area contributed by atoms with Gasteiger partial charge in [0.2, 0.25) is 0 Å². The van der Waals surface area contributed by atoms with Crippen LogP contribution in [0.5, 0.6) is 0 Å². The Labute approximate surface area is 81.3 Å². The highest BCUT2D eigenvalue weighted by Gasteiger charge is 2.11. The maximum absolute atomic E-state index is 10.4. The monoisotopic (exact) mass is 196 g/mol. The Hall–Kier alpha value is -1.78. The van der Waals surface area contributed by atoms with Crippen LogP contribution in [0.3, 0.4) is 0 Å². The number of nitrogens with two attached hydrogens (primary N) is 1. The van der Waals surface area contributed by atoms with E-state index < -0.39 is 12.0 Å². The van der Waals surface area contributed by atoms with E-state index in [0.717, 1.165) is 0 Å². The lowest BCUT2D eigenvalue weighted by molar-refractivity contribution is -0.138. The first-order valence-electron chi connectivity index (χ1n) is 3.96. The molecule has 0 aliphatic rings. The summed E-state index contributed by atoms with van der Waals surface area (Å²) in [5.41, 5.74) is 14.0. The van der Waals surface area contributed by atoms with Crippen LogP contribution in [0.1, 0.15) is 13.3 Å². The third-order valence-corrected chi connectivity index (χ3v) is 1.43. The molecule has 0 amide bonds. The van der Waals surface area contributed by atoms with E-state index in [4.69, 9.17) is 16.4 Å². The minimum Gasteiger partial charge on any atom is -0.480 e. The molecule has 0 saturated carbocycles. The summed E-state index contributed by atoms with van der Waals surface area (Å²) in [6, 6.07) is -0.980. The number of carboxylic acids is 1. The topological polar surface area (TPSA) is 112 Å². The number of carboxylic acid groups (broad SMARTS) is 1. The number of aliphatic carboxylic acids is 1. The van der Waals surface area contributed by atoms with E-state index in [2.05, 4.69) is 10.0 Å². The molecule has 0 aromatic rings. The van der Waals surface area contributed by atoms with Gasteiger partial charge >= 0.3 is 5.97 Å². The van der Waals surface area contributed by atoms with E-state index >= 15 is 0 Å². The quantitative estimate of drug-likeness (QED) is 0.301. The summed E-state index contributed by atoms with van der Waals surface area (Å²) in [7, 11) is 0. The normalized spacial score (nSPS) is 13.7. The molecule has 0 aliphatic heterocycles. The summed E-state index contributed by atoms with van der Waals surface area (Å²) in [5.74, 6) is -1.08. The molecule has 0 aliphatic carbocycles. The van der Waals surface area contributed by atoms with Crippen molar-refractivity contribution in [2.24, 2.45) is 10.8 Å². The zero-order chi connectivity index (χ0) is 11.0. The van der Waals surface area contributed by atoms with Gasteiger partial charge in [0.25, 0.3) is 0 Å². The first-order chi connectivity index (χ1) is 6.61. The maximum atomic E-state index is 10.4. The van der Waals surface area contributed by atoms with E-state index in [1.807, 2.05) is 0 Å². The standard InChI is InChI=1S/C8H12N4O2/c1-2-3-6(5-11-12-10)4-7(9)8(13)14/h2-3,5,7H,4,9H2,1H3,(H,13,14)/b3-2-,6-5+/t7-/m0/s1. The van der Waals surface area contributed by atoms with Crippen molar-refractivity contribution in [2.45, 2.75) is 19.4 Å². The molecular formula is C8H12N4O2. The SMILES string of the molecule is C/C=C\C(=C/N=[N+]=[N-])C[C@H](N)C(=O)O. The third kappa shape index (κ3) is 4.97. The van der Waals surface area contributed by atoms with Crippen LogP contribution in [0.15, 0.2) is 29.0 Å². The van der Waals surface area contributed by atoms with Gasteiger partial charge in [-0.2, -0.15) is 0 Å². The average molecular weight is 196 g/mol. The highest BCUT2D eigenvalue weighted by atomic mass is 16.4. The van der Waals surface area contributed by atoms with Crippen LogP contribution in [0.4, 0.5) is 0 Å². The van der Waals surface area contributed by atoms with Crippen LogP contribution in [0.25, 0.3) is 10.4 Å². The van der Waals surface area contributed by atoms with E-state index in [1.54, 1.807) is 19.1 Å². The fourth-order valence-corrected chi connectivity index (χ4v) is 0.819. The van der Waals surface area contributed by atoms with E-state index in [-0.39, 0.29) is 6.42 Å². The van der Waals surface area contributed by atoms with Crippen LogP contribution in [0, 0.1) is 0 Å². The molecule has 0 aromatic heterocycles. The van der Waals surface area contributed by atoms with Gasteiger partial charge in [0.15, 0.2) is 0 Å². The summed E-state index contributed by atoms with van der Waals surface area (Å²) in [6.45, 7) is 1.77. The highest BCUT2D eigenvalue weighted by Crippen LogP contribution is 2.06. The first-order valence-corrected chi connectivity index (χ1v) is 3.96. The largest absolute Gasteiger partial charge is 0.480 e. The molecule has 0 spiro atoms. The van der Waals surface area contributed by atoms with Gasteiger partial charge in [-0.25, -0.2) is 0 Å². The fraction of sp³-hybridized carbons (Fsp3) is 0.375. The highest BCUT2D eigenvalue weighted by molar-refractivity contribution is 5.73. The predicted molar refractivity (Wildman–Crippen MR) is 52.3 cm³/mol. The zero-order valence-electron chi connectivity index (χ0n) is 7.79. The van der Waals surface area contributed by atoms with Crippen LogP contribution in [-0.2, 0) is 4.79 Å². The Bertz CT molecular complexity index is 302. The van der Waals surface area contributed by atoms with Gasteiger partial charge in [0, 0.05) is 11.1 Å². The molecule has 0 bridgehead atoms. The smallest absolute Gasteiger partial charge is 0.320 e. The molecule has 6 heteroatoms. The number of hydrogen-bond donors (Lipinski definition) is 2. The van der Waals surface area contributed by atoms with Crippen LogP contribution < -0.4 is 5.73 Å². The molecule has 6 nitrogen and oxygen atoms in total. The predicted octanol–water partition coefficient (Wildman–Crippen LogP) is 1.56. The van der Waals surface area contributed by atoms with Crippen molar-refractivity contribution in [1.29, 1.82) is 0 Å². The minimum atomic E-state index is -1.08. The number of allylic oxidation sites excluding steroid dienone is 2. The van der Waals surface area contributed by atoms with Gasteiger partial charge in [0.1, 0.15) is 6.04 Å². The molecule has 0 saturated heterocycles. The lowest BCUT2D eigenvalue weighted by Crippen LogP contribution is -2.30. The Morgan fingerprint density at radius 2 is 2.43 bits per heavy atom. The molecule has 76 valence electrons. The molecule has 1 atom stereocenters. The molecule has 0 unspecified atom stereocenters. The molecular weight excluding hydrogens is 184 g/mol. The number of carbonyl (C=O) groups is 1. The molecule has 0 rings (SSSR count). The number of rotatable bonds is 5. The number of azide groups is 1. The summed E-state index contributed by atoms with van der Waals surface area (Å²) < 4.78 is 0. The summed E-state index contributed by atoms with van der Waals surface area (Å²) in [4.78, 5) is 13.0. The van der Waals surface area contributed by atoms with Crippen molar-refractivity contribution in [3.05, 3.63) is 34.4 Å². The van der Waals surface area contributed by atoms with Gasteiger partial charge in [-0.3, -0.25) is 4.79 Å². The molecule has 3 N–H and O–H groups in total. The third-order valence-electron chi connectivity index (χ3n) is 1.43. The van der Waals surface area contributed by atoms with E-state index in [9.17, 15) is 4.79 Å². The van der Waals surface area contributed by atoms with Crippen LogP contribution in [-0.4, -0.2) is 17.1 Å². The van der Waals surface area contributed by atoms with Gasteiger partial charge in [0.05, 0.1) is 0 Å². The second kappa shape index (κ2) is 6.71. The van der Waals surface area contributed by atoms with Crippen molar-refractivity contribution in [2.75, 3.05) is 0 Å². The second-order valence-electron chi connectivity index (χ2n) is 2.56. The fourth-order valence-electron chi connectivity index (χ4n) is 0.819. The summed E-state index contributed by atoms with van der Waals surface area (Å²) >= 11 is 0. The van der Waals surface area contributed by atoms with E-state index in [0.29, 0.717) is 5.57 Å². The number of nitrogens with zero attached hydrogens (tertiary/aromatic N) is 3. The lowest BCUT2D eigenvalue weighted by Gasteiger charge is -2.05. The lowest BCUT2D eigenvalue weighted by atomic mass is 10.1. The number of hydrogen-bond acceptors (Lipinski definition) is 3. The van der Waals surface area contributed by atoms with Crippen molar-refractivity contribution >= 4 is 5.97 Å². The molecule has 0 aromatic carbocycles. The molecule has 14 heavy (non-hydrogen) atoms. The van der Waals surface area contributed by atoms with Crippen molar-refractivity contribution in [1.82, 2.24) is 0 Å². The van der Waals surface area contributed by atoms with Crippen molar-refractivity contribution in [3.8, 4) is 0 Å². The zero-order valence-corrected chi connectivity index (χ0v) is 7.79. The van der Waals surface area contributed by atoms with Crippen LogP contribution >= 0.6 is 0 Å². The average Bonchev–Trinajstić information content (AvgIpc) is 2.14. The molecule has 0 radical (unpaired) electrons. The Morgan fingerprint density at radius 1 is 1.79 bits per heavy atom. The molecule has 0 heterocycles. The summed E-state index contributed by atoms with van der Waals surface area (Å²) in [5, 5.41) is 11.8. The summed E-state index contributed by atoms with van der Waals surface area (Å²) in [6.07, 6.45) is 4.76. The van der Waals surface area contributed by atoms with Crippen molar-refractivity contribution < 1.29 is 9.90 Å². The minimum absolute atomic E-state index is 0.138. The van der Waals surface area contributed by atoms with Gasteiger partial charge in [-0.15, -0.1) is 0 Å². The van der Waals surface area contributed by atoms with E-state index in [1.165, 1.54) is 6.20 Å². The van der Waals surface area contributed by atoms with Gasteiger partial charge < -0.3 is 10.8 Å². The van der Waals surface area contributed by atoms with Gasteiger partial charge in [-0.1, -0.05) is 17.3 Å². The Balaban J connectivity index is 4.52.